The highest BCUT2D eigenvalue weighted by molar-refractivity contribution is 5.92. The SMILES string of the molecule is O=C(O)C(F)(F)F.O=C(c1cnccn1)N1CCN2C[C@H](Oc3cccc(F)c3)C[C@H]2C1. The Balaban J connectivity index is 0.000000360. The van der Waals surface area contributed by atoms with E-state index < -0.39 is 12.1 Å². The molecule has 0 spiro atoms. The van der Waals surface area contributed by atoms with E-state index in [4.69, 9.17) is 14.6 Å². The summed E-state index contributed by atoms with van der Waals surface area (Å²) in [6.07, 6.45) is 0.334. The Morgan fingerprint density at radius 2 is 1.91 bits per heavy atom. The molecule has 12 heteroatoms. The summed E-state index contributed by atoms with van der Waals surface area (Å²) < 4.78 is 50.9. The van der Waals surface area contributed by atoms with Crippen LogP contribution >= 0.6 is 0 Å². The van der Waals surface area contributed by atoms with Gasteiger partial charge < -0.3 is 14.7 Å². The third kappa shape index (κ3) is 6.13. The fourth-order valence-corrected chi connectivity index (χ4v) is 3.57. The van der Waals surface area contributed by atoms with Crippen LogP contribution < -0.4 is 4.74 Å². The maximum Gasteiger partial charge on any atom is 0.490 e. The molecule has 172 valence electrons. The zero-order chi connectivity index (χ0) is 23.3. The number of rotatable bonds is 3. The van der Waals surface area contributed by atoms with Crippen molar-refractivity contribution >= 4 is 11.9 Å². The largest absolute Gasteiger partial charge is 0.490 e. The fraction of sp³-hybridized carbons (Fsp3) is 0.400. The molecular weight excluding hydrogens is 436 g/mol. The Hall–Kier alpha value is -3.28. The van der Waals surface area contributed by atoms with Gasteiger partial charge in [0.25, 0.3) is 5.91 Å². The van der Waals surface area contributed by atoms with E-state index in [1.54, 1.807) is 18.3 Å². The Morgan fingerprint density at radius 1 is 1.16 bits per heavy atom. The molecule has 2 fully saturated rings. The molecule has 0 aliphatic carbocycles. The maximum atomic E-state index is 13.3. The Labute approximate surface area is 180 Å². The van der Waals surface area contributed by atoms with Gasteiger partial charge >= 0.3 is 12.1 Å². The number of nitrogens with zero attached hydrogens (tertiary/aromatic N) is 4. The summed E-state index contributed by atoms with van der Waals surface area (Å²) in [4.78, 5) is 33.6. The van der Waals surface area contributed by atoms with Gasteiger partial charge in [-0.15, -0.1) is 0 Å². The maximum absolute atomic E-state index is 13.3. The van der Waals surface area contributed by atoms with E-state index in [0.717, 1.165) is 19.5 Å². The first-order valence-electron chi connectivity index (χ1n) is 9.65. The summed E-state index contributed by atoms with van der Waals surface area (Å²) in [6.45, 7) is 2.92. The van der Waals surface area contributed by atoms with Crippen LogP contribution in [-0.4, -0.2) is 81.3 Å². The van der Waals surface area contributed by atoms with E-state index in [2.05, 4.69) is 14.9 Å². The summed E-state index contributed by atoms with van der Waals surface area (Å²) in [5, 5.41) is 7.12. The van der Waals surface area contributed by atoms with Crippen LogP contribution in [0.4, 0.5) is 17.6 Å². The van der Waals surface area contributed by atoms with Crippen LogP contribution in [0, 0.1) is 5.82 Å². The van der Waals surface area contributed by atoms with Crippen LogP contribution in [0.3, 0.4) is 0 Å². The van der Waals surface area contributed by atoms with Crippen molar-refractivity contribution < 1.29 is 37.0 Å². The van der Waals surface area contributed by atoms with Gasteiger partial charge in [0, 0.05) is 57.1 Å². The highest BCUT2D eigenvalue weighted by atomic mass is 19.4. The number of hydrogen-bond acceptors (Lipinski definition) is 6. The van der Waals surface area contributed by atoms with E-state index in [1.807, 2.05) is 4.90 Å². The number of aliphatic carboxylic acids is 1. The zero-order valence-corrected chi connectivity index (χ0v) is 16.7. The number of piperazine rings is 1. The van der Waals surface area contributed by atoms with Crippen LogP contribution in [0.25, 0.3) is 0 Å². The number of alkyl halides is 3. The lowest BCUT2D eigenvalue weighted by molar-refractivity contribution is -0.192. The number of halogens is 4. The zero-order valence-electron chi connectivity index (χ0n) is 16.7. The minimum Gasteiger partial charge on any atom is -0.489 e. The Morgan fingerprint density at radius 3 is 2.53 bits per heavy atom. The molecule has 3 heterocycles. The topological polar surface area (TPSA) is 95.9 Å². The fourth-order valence-electron chi connectivity index (χ4n) is 3.57. The molecule has 1 N–H and O–H groups in total. The van der Waals surface area contributed by atoms with E-state index in [0.29, 0.717) is 24.5 Å². The number of carbonyl (C=O) groups excluding carboxylic acids is 1. The quantitative estimate of drug-likeness (QED) is 0.708. The van der Waals surface area contributed by atoms with E-state index in [-0.39, 0.29) is 23.9 Å². The number of hydrogen-bond donors (Lipinski definition) is 1. The lowest BCUT2D eigenvalue weighted by Crippen LogP contribution is -2.52. The second-order valence-corrected chi connectivity index (χ2v) is 7.23. The second-order valence-electron chi connectivity index (χ2n) is 7.23. The van der Waals surface area contributed by atoms with Crippen molar-refractivity contribution in [3.05, 3.63) is 54.4 Å². The Bertz CT molecular complexity index is 945. The number of ether oxygens (including phenoxy) is 1. The van der Waals surface area contributed by atoms with Crippen LogP contribution in [0.1, 0.15) is 16.9 Å². The van der Waals surface area contributed by atoms with Crippen LogP contribution in [-0.2, 0) is 4.79 Å². The third-order valence-electron chi connectivity index (χ3n) is 4.99. The molecule has 1 amide bonds. The molecule has 0 bridgehead atoms. The summed E-state index contributed by atoms with van der Waals surface area (Å²) in [5.74, 6) is -2.58. The molecule has 2 aliphatic heterocycles. The van der Waals surface area contributed by atoms with Gasteiger partial charge in [0.2, 0.25) is 0 Å². The molecular formula is C20H20F4N4O4. The molecule has 8 nitrogen and oxygen atoms in total. The number of amides is 1. The monoisotopic (exact) mass is 456 g/mol. The van der Waals surface area contributed by atoms with Crippen molar-refractivity contribution in [2.45, 2.75) is 24.7 Å². The minimum atomic E-state index is -5.08. The minimum absolute atomic E-state index is 0.0124. The average Bonchev–Trinajstić information content (AvgIpc) is 3.15. The van der Waals surface area contributed by atoms with Gasteiger partial charge in [-0.2, -0.15) is 13.2 Å². The molecule has 2 atom stereocenters. The smallest absolute Gasteiger partial charge is 0.489 e. The van der Waals surface area contributed by atoms with E-state index >= 15 is 0 Å². The Kier molecular flexibility index (Phi) is 7.23. The van der Waals surface area contributed by atoms with Crippen molar-refractivity contribution in [2.75, 3.05) is 26.2 Å². The van der Waals surface area contributed by atoms with Gasteiger partial charge in [-0.3, -0.25) is 14.7 Å². The molecule has 1 aromatic carbocycles. The average molecular weight is 456 g/mol. The van der Waals surface area contributed by atoms with Crippen molar-refractivity contribution in [1.82, 2.24) is 19.8 Å². The molecule has 0 radical (unpaired) electrons. The molecule has 1 aromatic heterocycles. The standard InChI is InChI=1S/C18H19FN4O2.C2HF3O2/c19-13-2-1-3-15(8-13)25-16-9-14-11-23(7-6-22(14)12-16)18(24)17-10-20-4-5-21-17;3-2(4,5)1(6)7/h1-5,8,10,14,16H,6-7,9,11-12H2;(H,6,7)/t14-,16+;/m0./s1. The normalized spacial score (nSPS) is 20.7. The molecule has 2 saturated heterocycles. The van der Waals surface area contributed by atoms with Gasteiger partial charge in [0.1, 0.15) is 23.4 Å². The first-order chi connectivity index (χ1) is 15.1. The second kappa shape index (κ2) is 9.90. The van der Waals surface area contributed by atoms with Crippen molar-refractivity contribution in [1.29, 1.82) is 0 Å². The van der Waals surface area contributed by atoms with Crippen molar-refractivity contribution in [2.24, 2.45) is 0 Å². The van der Waals surface area contributed by atoms with Crippen LogP contribution in [0.15, 0.2) is 42.9 Å². The first kappa shape index (κ1) is 23.4. The summed E-state index contributed by atoms with van der Waals surface area (Å²) >= 11 is 0. The van der Waals surface area contributed by atoms with E-state index in [1.165, 1.54) is 24.5 Å². The number of carboxylic acids is 1. The predicted octanol–water partition coefficient (Wildman–Crippen LogP) is 2.23. The third-order valence-corrected chi connectivity index (χ3v) is 4.99. The lowest BCUT2D eigenvalue weighted by atomic mass is 10.1. The molecule has 4 rings (SSSR count). The molecule has 0 unspecified atom stereocenters. The molecule has 2 aromatic rings. The number of benzene rings is 1. The van der Waals surface area contributed by atoms with Gasteiger partial charge in [0.15, 0.2) is 0 Å². The van der Waals surface area contributed by atoms with Crippen molar-refractivity contribution in [3.63, 3.8) is 0 Å². The van der Waals surface area contributed by atoms with Crippen LogP contribution in [0.2, 0.25) is 0 Å². The van der Waals surface area contributed by atoms with Crippen molar-refractivity contribution in [3.8, 4) is 5.75 Å². The summed E-state index contributed by atoms with van der Waals surface area (Å²) in [6, 6.07) is 6.48. The number of carbonyl (C=O) groups is 2. The molecule has 0 saturated carbocycles. The first-order valence-corrected chi connectivity index (χ1v) is 9.65. The van der Waals surface area contributed by atoms with Crippen LogP contribution in [0.5, 0.6) is 5.75 Å². The number of carboxylic acid groups (broad SMARTS) is 1. The number of fused-ring (bicyclic) bond motifs is 1. The summed E-state index contributed by atoms with van der Waals surface area (Å²) in [7, 11) is 0. The highest BCUT2D eigenvalue weighted by Crippen LogP contribution is 2.26. The molecule has 32 heavy (non-hydrogen) atoms. The lowest BCUT2D eigenvalue weighted by Gasteiger charge is -2.36. The van der Waals surface area contributed by atoms with E-state index in [9.17, 15) is 22.4 Å². The highest BCUT2D eigenvalue weighted by Gasteiger charge is 2.39. The van der Waals surface area contributed by atoms with Gasteiger partial charge in [-0.05, 0) is 12.1 Å². The molecule has 2 aliphatic rings. The predicted molar refractivity (Wildman–Crippen MR) is 102 cm³/mol. The van der Waals surface area contributed by atoms with Gasteiger partial charge in [-0.25, -0.2) is 14.2 Å². The van der Waals surface area contributed by atoms with Gasteiger partial charge in [0.05, 0.1) is 6.20 Å². The van der Waals surface area contributed by atoms with Gasteiger partial charge in [-0.1, -0.05) is 6.07 Å². The summed E-state index contributed by atoms with van der Waals surface area (Å²) in [5.41, 5.74) is 0.376. The number of aromatic nitrogens is 2.